The Kier molecular flexibility index (Phi) is 4.26. The van der Waals surface area contributed by atoms with Gasteiger partial charge in [0, 0.05) is 20.1 Å². The van der Waals surface area contributed by atoms with Gasteiger partial charge in [-0.3, -0.25) is 4.79 Å². The Morgan fingerprint density at radius 1 is 1.44 bits per heavy atom. The largest absolute Gasteiger partial charge is 0.315 e. The Bertz CT molecular complexity index is 382. The summed E-state index contributed by atoms with van der Waals surface area (Å²) in [6, 6.07) is 6.31. The fraction of sp³-hybridized carbons (Fsp3) is 0.364. The van der Waals surface area contributed by atoms with E-state index in [0.29, 0.717) is 18.8 Å². The number of amides is 1. The van der Waals surface area contributed by atoms with Crippen LogP contribution in [0.5, 0.6) is 0 Å². The zero-order chi connectivity index (χ0) is 10.8. The zero-order valence-corrected chi connectivity index (χ0v) is 9.76. The second-order valence-corrected chi connectivity index (χ2v) is 3.70. The van der Waals surface area contributed by atoms with Crippen molar-refractivity contribution in [3.8, 4) is 0 Å². The average Bonchev–Trinajstić information content (AvgIpc) is 2.15. The minimum absolute atomic E-state index is 0. The van der Waals surface area contributed by atoms with E-state index in [1.54, 1.807) is 25.2 Å². The molecule has 1 heterocycles. The number of rotatable bonds is 2. The van der Waals surface area contributed by atoms with Gasteiger partial charge in [-0.05, 0) is 12.1 Å². The van der Waals surface area contributed by atoms with Crippen LogP contribution < -0.4 is 10.2 Å². The molecule has 16 heavy (non-hydrogen) atoms. The van der Waals surface area contributed by atoms with E-state index in [9.17, 15) is 9.18 Å². The molecular weight excluding hydrogens is 231 g/mol. The maximum atomic E-state index is 13.4. The fourth-order valence-corrected chi connectivity index (χ4v) is 1.58. The quantitative estimate of drug-likeness (QED) is 0.854. The van der Waals surface area contributed by atoms with Gasteiger partial charge in [-0.15, -0.1) is 12.4 Å². The highest BCUT2D eigenvalue weighted by Gasteiger charge is 2.28. The van der Waals surface area contributed by atoms with Crippen LogP contribution in [0.2, 0.25) is 0 Å². The molecule has 3 nitrogen and oxygen atoms in total. The predicted molar refractivity (Wildman–Crippen MR) is 63.4 cm³/mol. The molecule has 1 fully saturated rings. The number of para-hydroxylation sites is 1. The Hall–Kier alpha value is -1.13. The van der Waals surface area contributed by atoms with E-state index < -0.39 is 0 Å². The average molecular weight is 245 g/mol. The summed E-state index contributed by atoms with van der Waals surface area (Å²) in [6.45, 7) is 1.38. The van der Waals surface area contributed by atoms with Crippen LogP contribution in [-0.4, -0.2) is 26.0 Å². The Balaban J connectivity index is 0.00000128. The second kappa shape index (κ2) is 5.27. The lowest BCUT2D eigenvalue weighted by atomic mass is 10.0. The van der Waals surface area contributed by atoms with Crippen LogP contribution in [-0.2, 0) is 4.79 Å². The van der Waals surface area contributed by atoms with Gasteiger partial charge in [0.25, 0.3) is 0 Å². The molecule has 0 radical (unpaired) electrons. The first-order valence-corrected chi connectivity index (χ1v) is 4.93. The lowest BCUT2D eigenvalue weighted by Crippen LogP contribution is -2.51. The molecule has 0 unspecified atom stereocenters. The van der Waals surface area contributed by atoms with Crippen LogP contribution >= 0.6 is 12.4 Å². The maximum absolute atomic E-state index is 13.4. The molecule has 1 aromatic rings. The Morgan fingerprint density at radius 3 is 2.56 bits per heavy atom. The van der Waals surface area contributed by atoms with E-state index in [2.05, 4.69) is 5.32 Å². The molecule has 0 saturated carbocycles. The van der Waals surface area contributed by atoms with Gasteiger partial charge < -0.3 is 10.2 Å². The molecule has 0 spiro atoms. The lowest BCUT2D eigenvalue weighted by molar-refractivity contribution is -0.123. The SMILES string of the molecule is CN(C(=O)C1CNC1)c1ccccc1F.Cl. The first-order valence-electron chi connectivity index (χ1n) is 4.93. The molecular formula is C11H14ClFN2O. The fourth-order valence-electron chi connectivity index (χ4n) is 1.58. The molecule has 1 amide bonds. The molecule has 1 aliphatic rings. The normalized spacial score (nSPS) is 14.9. The summed E-state index contributed by atoms with van der Waals surface area (Å²) in [6.07, 6.45) is 0. The standard InChI is InChI=1S/C11H13FN2O.ClH/c1-14(11(15)8-6-13-7-8)10-5-3-2-4-9(10)12;/h2-5,8,13H,6-7H2,1H3;1H. The molecule has 1 aliphatic heterocycles. The van der Waals surface area contributed by atoms with Gasteiger partial charge >= 0.3 is 0 Å². The van der Waals surface area contributed by atoms with Gasteiger partial charge in [0.2, 0.25) is 5.91 Å². The highest BCUT2D eigenvalue weighted by molar-refractivity contribution is 5.95. The van der Waals surface area contributed by atoms with Gasteiger partial charge in [-0.1, -0.05) is 12.1 Å². The van der Waals surface area contributed by atoms with Crippen molar-refractivity contribution in [3.63, 3.8) is 0 Å². The van der Waals surface area contributed by atoms with Crippen molar-refractivity contribution in [1.82, 2.24) is 5.32 Å². The number of hydrogen-bond acceptors (Lipinski definition) is 2. The predicted octanol–water partition coefficient (Wildman–Crippen LogP) is 1.43. The molecule has 1 aromatic carbocycles. The topological polar surface area (TPSA) is 32.3 Å². The Morgan fingerprint density at radius 2 is 2.06 bits per heavy atom. The van der Waals surface area contributed by atoms with Crippen LogP contribution in [0.15, 0.2) is 24.3 Å². The molecule has 1 N–H and O–H groups in total. The Labute approximate surface area is 100 Å². The highest BCUT2D eigenvalue weighted by atomic mass is 35.5. The van der Waals surface area contributed by atoms with Gasteiger partial charge in [0.1, 0.15) is 5.82 Å². The smallest absolute Gasteiger partial charge is 0.232 e. The van der Waals surface area contributed by atoms with Crippen LogP contribution in [0.1, 0.15) is 0 Å². The van der Waals surface area contributed by atoms with Crippen molar-refractivity contribution in [2.75, 3.05) is 25.0 Å². The van der Waals surface area contributed by atoms with Gasteiger partial charge in [0.05, 0.1) is 11.6 Å². The van der Waals surface area contributed by atoms with E-state index in [1.165, 1.54) is 11.0 Å². The summed E-state index contributed by atoms with van der Waals surface area (Å²) >= 11 is 0. The van der Waals surface area contributed by atoms with Crippen molar-refractivity contribution >= 4 is 24.0 Å². The van der Waals surface area contributed by atoms with Crippen molar-refractivity contribution in [2.24, 2.45) is 5.92 Å². The van der Waals surface area contributed by atoms with Crippen molar-refractivity contribution in [2.45, 2.75) is 0 Å². The number of nitrogens with one attached hydrogen (secondary N) is 1. The van der Waals surface area contributed by atoms with Gasteiger partial charge in [0.15, 0.2) is 0 Å². The molecule has 0 atom stereocenters. The monoisotopic (exact) mass is 244 g/mol. The molecule has 1 saturated heterocycles. The highest BCUT2D eigenvalue weighted by Crippen LogP contribution is 2.19. The summed E-state index contributed by atoms with van der Waals surface area (Å²) in [4.78, 5) is 13.2. The van der Waals surface area contributed by atoms with E-state index in [-0.39, 0.29) is 30.0 Å². The number of carbonyl (C=O) groups excluding carboxylic acids is 1. The molecule has 0 bridgehead atoms. The summed E-state index contributed by atoms with van der Waals surface area (Å²) in [5.41, 5.74) is 0.342. The molecule has 2 rings (SSSR count). The van der Waals surface area contributed by atoms with Crippen molar-refractivity contribution in [1.29, 1.82) is 0 Å². The summed E-state index contributed by atoms with van der Waals surface area (Å²) in [7, 11) is 1.61. The number of benzene rings is 1. The number of nitrogens with zero attached hydrogens (tertiary/aromatic N) is 1. The van der Waals surface area contributed by atoms with Crippen LogP contribution in [0.25, 0.3) is 0 Å². The number of anilines is 1. The van der Waals surface area contributed by atoms with Gasteiger partial charge in [-0.2, -0.15) is 0 Å². The minimum Gasteiger partial charge on any atom is -0.315 e. The number of hydrogen-bond donors (Lipinski definition) is 1. The van der Waals surface area contributed by atoms with Gasteiger partial charge in [-0.25, -0.2) is 4.39 Å². The van der Waals surface area contributed by atoms with Crippen LogP contribution in [0.4, 0.5) is 10.1 Å². The van der Waals surface area contributed by atoms with E-state index in [0.717, 1.165) is 0 Å². The third-order valence-corrected chi connectivity index (χ3v) is 2.68. The molecule has 0 aromatic heterocycles. The van der Waals surface area contributed by atoms with E-state index in [4.69, 9.17) is 0 Å². The summed E-state index contributed by atoms with van der Waals surface area (Å²) in [5, 5.41) is 3.02. The van der Waals surface area contributed by atoms with E-state index >= 15 is 0 Å². The molecule has 88 valence electrons. The van der Waals surface area contributed by atoms with E-state index in [1.807, 2.05) is 0 Å². The number of halogens is 2. The minimum atomic E-state index is -0.361. The van der Waals surface area contributed by atoms with Crippen LogP contribution in [0.3, 0.4) is 0 Å². The first-order chi connectivity index (χ1) is 7.20. The van der Waals surface area contributed by atoms with Crippen LogP contribution in [0, 0.1) is 11.7 Å². The maximum Gasteiger partial charge on any atom is 0.232 e. The first kappa shape index (κ1) is 12.9. The number of carbonyl (C=O) groups is 1. The molecule has 0 aliphatic carbocycles. The summed E-state index contributed by atoms with van der Waals surface area (Å²) < 4.78 is 13.4. The molecule has 5 heteroatoms. The van der Waals surface area contributed by atoms with Crippen molar-refractivity contribution in [3.05, 3.63) is 30.1 Å². The zero-order valence-electron chi connectivity index (χ0n) is 8.94. The lowest BCUT2D eigenvalue weighted by Gasteiger charge is -2.30. The van der Waals surface area contributed by atoms with Crippen molar-refractivity contribution < 1.29 is 9.18 Å². The third kappa shape index (κ3) is 2.33. The summed E-state index contributed by atoms with van der Waals surface area (Å²) in [5.74, 6) is -0.394. The second-order valence-electron chi connectivity index (χ2n) is 3.70. The third-order valence-electron chi connectivity index (χ3n) is 2.68.